The predicted molar refractivity (Wildman–Crippen MR) is 100 cm³/mol. The Hall–Kier alpha value is -2.51. The topological polar surface area (TPSA) is 70.6 Å². The first-order valence-electron chi connectivity index (χ1n) is 8.86. The van der Waals surface area contributed by atoms with Crippen LogP contribution in [0.4, 0.5) is 5.82 Å². The summed E-state index contributed by atoms with van der Waals surface area (Å²) in [5, 5.41) is 2.78. The Morgan fingerprint density at radius 1 is 1.15 bits per heavy atom. The number of carbonyl (C=O) groups is 1. The minimum Gasteiger partial charge on any atom is -0.383 e. The second kappa shape index (κ2) is 9.26. The van der Waals surface area contributed by atoms with Crippen LogP contribution in [0.3, 0.4) is 0 Å². The molecule has 1 aliphatic rings. The van der Waals surface area contributed by atoms with E-state index in [0.29, 0.717) is 18.8 Å². The molecule has 0 unspecified atom stereocenters. The minimum absolute atomic E-state index is 0.201. The third-order valence-corrected chi connectivity index (χ3v) is 4.42. The first kappa shape index (κ1) is 18.3. The number of methoxy groups -OCH3 is 1. The number of amides is 1. The van der Waals surface area contributed by atoms with Gasteiger partial charge >= 0.3 is 0 Å². The van der Waals surface area contributed by atoms with Crippen LogP contribution in [0.1, 0.15) is 16.1 Å². The molecule has 1 aromatic heterocycles. The highest BCUT2D eigenvalue weighted by Crippen LogP contribution is 2.15. The number of anilines is 1. The Bertz CT molecular complexity index is 702. The van der Waals surface area contributed by atoms with Crippen molar-refractivity contribution in [1.82, 2.24) is 20.2 Å². The molecule has 0 saturated carbocycles. The summed E-state index contributed by atoms with van der Waals surface area (Å²) in [4.78, 5) is 25.2. The highest BCUT2D eigenvalue weighted by molar-refractivity contribution is 5.92. The molecule has 1 aromatic carbocycles. The van der Waals surface area contributed by atoms with Crippen LogP contribution in [0.2, 0.25) is 0 Å². The molecule has 1 aliphatic heterocycles. The molecule has 138 valence electrons. The van der Waals surface area contributed by atoms with E-state index in [-0.39, 0.29) is 5.91 Å². The summed E-state index contributed by atoms with van der Waals surface area (Å²) < 4.78 is 4.94. The highest BCUT2D eigenvalue weighted by atomic mass is 16.5. The van der Waals surface area contributed by atoms with Gasteiger partial charge in [-0.3, -0.25) is 9.69 Å². The van der Waals surface area contributed by atoms with E-state index in [1.165, 1.54) is 11.9 Å². The zero-order valence-electron chi connectivity index (χ0n) is 15.1. The Balaban J connectivity index is 1.54. The van der Waals surface area contributed by atoms with Crippen LogP contribution < -0.4 is 10.2 Å². The number of benzene rings is 1. The van der Waals surface area contributed by atoms with Gasteiger partial charge in [0, 0.05) is 52.4 Å². The number of ether oxygens (including phenoxy) is 1. The van der Waals surface area contributed by atoms with Gasteiger partial charge in [0.1, 0.15) is 17.8 Å². The van der Waals surface area contributed by atoms with Crippen molar-refractivity contribution in [2.45, 2.75) is 6.54 Å². The molecule has 26 heavy (non-hydrogen) atoms. The number of hydrogen-bond acceptors (Lipinski definition) is 6. The quantitative estimate of drug-likeness (QED) is 0.752. The molecular formula is C19H25N5O2. The number of aromatic nitrogens is 2. The van der Waals surface area contributed by atoms with Crippen LogP contribution >= 0.6 is 0 Å². The molecule has 1 saturated heterocycles. The number of rotatable bonds is 7. The summed E-state index contributed by atoms with van der Waals surface area (Å²) in [7, 11) is 1.60. The Morgan fingerprint density at radius 3 is 2.65 bits per heavy atom. The fourth-order valence-corrected chi connectivity index (χ4v) is 2.98. The summed E-state index contributed by atoms with van der Waals surface area (Å²) in [5.41, 5.74) is 1.72. The van der Waals surface area contributed by atoms with Gasteiger partial charge in [0.2, 0.25) is 0 Å². The Morgan fingerprint density at radius 2 is 1.92 bits per heavy atom. The lowest BCUT2D eigenvalue weighted by Crippen LogP contribution is -2.46. The molecule has 1 fully saturated rings. The SMILES string of the molecule is COCCNC(=O)c1cc(N2CCN(Cc3ccccc3)CC2)ncn1. The van der Waals surface area contributed by atoms with E-state index in [9.17, 15) is 4.79 Å². The standard InChI is InChI=1S/C19H25N5O2/c1-26-12-7-20-19(25)17-13-18(22-15-21-17)24-10-8-23(9-11-24)14-16-5-3-2-4-6-16/h2-6,13,15H,7-12,14H2,1H3,(H,20,25). The van der Waals surface area contributed by atoms with E-state index in [1.54, 1.807) is 13.2 Å². The summed E-state index contributed by atoms with van der Waals surface area (Å²) >= 11 is 0. The van der Waals surface area contributed by atoms with E-state index in [2.05, 4.69) is 49.4 Å². The van der Waals surface area contributed by atoms with E-state index in [0.717, 1.165) is 38.5 Å². The molecule has 7 nitrogen and oxygen atoms in total. The molecule has 7 heteroatoms. The smallest absolute Gasteiger partial charge is 0.270 e. The van der Waals surface area contributed by atoms with Crippen LogP contribution in [-0.4, -0.2) is 67.2 Å². The third-order valence-electron chi connectivity index (χ3n) is 4.42. The predicted octanol–water partition coefficient (Wildman–Crippen LogP) is 1.17. The van der Waals surface area contributed by atoms with Crippen molar-refractivity contribution in [3.63, 3.8) is 0 Å². The fraction of sp³-hybridized carbons (Fsp3) is 0.421. The molecule has 3 rings (SSSR count). The van der Waals surface area contributed by atoms with Gasteiger partial charge in [-0.25, -0.2) is 9.97 Å². The van der Waals surface area contributed by atoms with Crippen molar-refractivity contribution in [3.05, 3.63) is 54.0 Å². The first-order chi connectivity index (χ1) is 12.8. The van der Waals surface area contributed by atoms with E-state index in [1.807, 2.05) is 6.07 Å². The van der Waals surface area contributed by atoms with Crippen LogP contribution in [0.25, 0.3) is 0 Å². The zero-order valence-corrected chi connectivity index (χ0v) is 15.1. The van der Waals surface area contributed by atoms with E-state index < -0.39 is 0 Å². The maximum absolute atomic E-state index is 12.1. The number of carbonyl (C=O) groups excluding carboxylic acids is 1. The molecule has 0 bridgehead atoms. The molecule has 0 radical (unpaired) electrons. The van der Waals surface area contributed by atoms with Gasteiger partial charge in [-0.2, -0.15) is 0 Å². The molecule has 0 spiro atoms. The monoisotopic (exact) mass is 355 g/mol. The minimum atomic E-state index is -0.201. The highest BCUT2D eigenvalue weighted by Gasteiger charge is 2.19. The molecule has 0 atom stereocenters. The van der Waals surface area contributed by atoms with Gasteiger partial charge in [-0.05, 0) is 5.56 Å². The maximum Gasteiger partial charge on any atom is 0.270 e. The normalized spacial score (nSPS) is 15.0. The van der Waals surface area contributed by atoms with Crippen LogP contribution in [0.15, 0.2) is 42.7 Å². The number of nitrogens with one attached hydrogen (secondary N) is 1. The van der Waals surface area contributed by atoms with Gasteiger partial charge < -0.3 is 15.0 Å². The van der Waals surface area contributed by atoms with E-state index in [4.69, 9.17) is 4.74 Å². The number of hydrogen-bond donors (Lipinski definition) is 1. The van der Waals surface area contributed by atoms with Crippen LogP contribution in [0, 0.1) is 0 Å². The summed E-state index contributed by atoms with van der Waals surface area (Å²) in [6, 6.07) is 12.3. The van der Waals surface area contributed by atoms with Crippen molar-refractivity contribution < 1.29 is 9.53 Å². The van der Waals surface area contributed by atoms with Gasteiger partial charge in [0.25, 0.3) is 5.91 Å². The zero-order chi connectivity index (χ0) is 18.2. The van der Waals surface area contributed by atoms with E-state index >= 15 is 0 Å². The largest absolute Gasteiger partial charge is 0.383 e. The summed E-state index contributed by atoms with van der Waals surface area (Å²) in [6.45, 7) is 5.61. The first-order valence-corrected chi connectivity index (χ1v) is 8.86. The second-order valence-corrected chi connectivity index (χ2v) is 6.26. The molecule has 1 amide bonds. The lowest BCUT2D eigenvalue weighted by Gasteiger charge is -2.35. The maximum atomic E-state index is 12.1. The van der Waals surface area contributed by atoms with Crippen LogP contribution in [0.5, 0.6) is 0 Å². The van der Waals surface area contributed by atoms with Gasteiger partial charge in [0.05, 0.1) is 6.61 Å². The van der Waals surface area contributed by atoms with Crippen molar-refractivity contribution in [1.29, 1.82) is 0 Å². The summed E-state index contributed by atoms with van der Waals surface area (Å²) in [5.74, 6) is 0.602. The van der Waals surface area contributed by atoms with Gasteiger partial charge in [-0.1, -0.05) is 30.3 Å². The van der Waals surface area contributed by atoms with Crippen molar-refractivity contribution in [3.8, 4) is 0 Å². The molecule has 0 aliphatic carbocycles. The Labute approximate surface area is 154 Å². The average molecular weight is 355 g/mol. The molecule has 1 N–H and O–H groups in total. The van der Waals surface area contributed by atoms with Crippen molar-refractivity contribution in [2.24, 2.45) is 0 Å². The Kier molecular flexibility index (Phi) is 6.51. The average Bonchev–Trinajstić information content (AvgIpc) is 2.69. The lowest BCUT2D eigenvalue weighted by molar-refractivity contribution is 0.0932. The second-order valence-electron chi connectivity index (χ2n) is 6.26. The molecular weight excluding hydrogens is 330 g/mol. The molecule has 2 aromatic rings. The fourth-order valence-electron chi connectivity index (χ4n) is 2.98. The number of nitrogens with zero attached hydrogens (tertiary/aromatic N) is 4. The van der Waals surface area contributed by atoms with Crippen molar-refractivity contribution in [2.75, 3.05) is 51.3 Å². The van der Waals surface area contributed by atoms with Gasteiger partial charge in [-0.15, -0.1) is 0 Å². The lowest BCUT2D eigenvalue weighted by atomic mass is 10.2. The molecule has 2 heterocycles. The number of piperazine rings is 1. The van der Waals surface area contributed by atoms with Gasteiger partial charge in [0.15, 0.2) is 0 Å². The summed E-state index contributed by atoms with van der Waals surface area (Å²) in [6.07, 6.45) is 1.46. The van der Waals surface area contributed by atoms with Crippen molar-refractivity contribution >= 4 is 11.7 Å². The van der Waals surface area contributed by atoms with Crippen LogP contribution in [-0.2, 0) is 11.3 Å². The third kappa shape index (κ3) is 5.00.